The van der Waals surface area contributed by atoms with Gasteiger partial charge in [-0.15, -0.1) is 11.3 Å². The maximum atomic E-state index is 4.39. The van der Waals surface area contributed by atoms with Crippen molar-refractivity contribution >= 4 is 32.4 Å². The summed E-state index contributed by atoms with van der Waals surface area (Å²) >= 11 is 5.06. The van der Waals surface area contributed by atoms with Crippen LogP contribution in [-0.4, -0.2) is 11.0 Å². The van der Waals surface area contributed by atoms with E-state index in [0.29, 0.717) is 6.04 Å². The van der Waals surface area contributed by atoms with Gasteiger partial charge in [-0.25, -0.2) is 4.98 Å². The van der Waals surface area contributed by atoms with Crippen LogP contribution in [0.25, 0.3) is 0 Å². The summed E-state index contributed by atoms with van der Waals surface area (Å²) < 4.78 is 0.937. The molecule has 2 rings (SSSR count). The van der Waals surface area contributed by atoms with Crippen LogP contribution in [0.5, 0.6) is 0 Å². The summed E-state index contributed by atoms with van der Waals surface area (Å²) in [7, 11) is 0. The molecule has 0 aromatic carbocycles. The molecule has 4 heteroatoms. The Bertz CT molecular complexity index is 326. The zero-order chi connectivity index (χ0) is 10.8. The van der Waals surface area contributed by atoms with Gasteiger partial charge in [0.15, 0.2) is 5.13 Å². The third kappa shape index (κ3) is 2.72. The number of halogens is 1. The molecule has 0 radical (unpaired) electrons. The topological polar surface area (TPSA) is 24.9 Å². The van der Waals surface area contributed by atoms with Gasteiger partial charge in [0, 0.05) is 11.4 Å². The fourth-order valence-corrected chi connectivity index (χ4v) is 3.47. The predicted molar refractivity (Wildman–Crippen MR) is 69.4 cm³/mol. The molecule has 0 saturated heterocycles. The van der Waals surface area contributed by atoms with Gasteiger partial charge in [-0.3, -0.25) is 0 Å². The van der Waals surface area contributed by atoms with Crippen LogP contribution in [0, 0.1) is 11.8 Å². The first kappa shape index (κ1) is 11.4. The lowest BCUT2D eigenvalue weighted by molar-refractivity contribution is 0.253. The SMILES string of the molecule is CC1CCCC(Nc2nc(Br)cs2)C1C. The fraction of sp³-hybridized carbons (Fsp3) is 0.727. The minimum atomic E-state index is 0.604. The molecular weight excluding hydrogens is 272 g/mol. The van der Waals surface area contributed by atoms with Crippen molar-refractivity contribution in [2.24, 2.45) is 11.8 Å². The first-order chi connectivity index (χ1) is 7.16. The van der Waals surface area contributed by atoms with Crippen LogP contribution in [0.2, 0.25) is 0 Å². The van der Waals surface area contributed by atoms with E-state index < -0.39 is 0 Å². The smallest absolute Gasteiger partial charge is 0.183 e. The Morgan fingerprint density at radius 3 is 2.93 bits per heavy atom. The van der Waals surface area contributed by atoms with Gasteiger partial charge < -0.3 is 5.32 Å². The van der Waals surface area contributed by atoms with Crippen molar-refractivity contribution in [3.05, 3.63) is 9.98 Å². The van der Waals surface area contributed by atoms with Gasteiger partial charge in [-0.2, -0.15) is 0 Å². The molecule has 1 aliphatic carbocycles. The van der Waals surface area contributed by atoms with Gasteiger partial charge in [0.2, 0.25) is 0 Å². The summed E-state index contributed by atoms with van der Waals surface area (Å²) in [6.07, 6.45) is 4.00. The molecule has 0 spiro atoms. The van der Waals surface area contributed by atoms with Gasteiger partial charge in [0.25, 0.3) is 0 Å². The highest BCUT2D eigenvalue weighted by molar-refractivity contribution is 9.10. The lowest BCUT2D eigenvalue weighted by Crippen LogP contribution is -2.34. The molecule has 15 heavy (non-hydrogen) atoms. The Labute approximate surface area is 104 Å². The number of nitrogens with zero attached hydrogens (tertiary/aromatic N) is 1. The van der Waals surface area contributed by atoms with Crippen molar-refractivity contribution in [1.82, 2.24) is 4.98 Å². The molecule has 1 heterocycles. The molecule has 1 aliphatic rings. The minimum Gasteiger partial charge on any atom is -0.358 e. The molecular formula is C11H17BrN2S. The Morgan fingerprint density at radius 2 is 2.27 bits per heavy atom. The molecule has 1 fully saturated rings. The molecule has 0 aliphatic heterocycles. The van der Waals surface area contributed by atoms with Gasteiger partial charge in [0.1, 0.15) is 4.60 Å². The van der Waals surface area contributed by atoms with E-state index in [-0.39, 0.29) is 0 Å². The largest absolute Gasteiger partial charge is 0.358 e. The van der Waals surface area contributed by atoms with Gasteiger partial charge >= 0.3 is 0 Å². The van der Waals surface area contributed by atoms with E-state index in [9.17, 15) is 0 Å². The Kier molecular flexibility index (Phi) is 3.67. The van der Waals surface area contributed by atoms with E-state index in [1.54, 1.807) is 11.3 Å². The van der Waals surface area contributed by atoms with Crippen molar-refractivity contribution < 1.29 is 0 Å². The van der Waals surface area contributed by atoms with Crippen LogP contribution in [0.3, 0.4) is 0 Å². The van der Waals surface area contributed by atoms with Crippen molar-refractivity contribution in [2.45, 2.75) is 39.2 Å². The lowest BCUT2D eigenvalue weighted by atomic mass is 9.78. The summed E-state index contributed by atoms with van der Waals surface area (Å²) in [6, 6.07) is 0.604. The molecule has 1 aromatic rings. The predicted octanol–water partition coefficient (Wildman–Crippen LogP) is 4.14. The second-order valence-corrected chi connectivity index (χ2v) is 6.16. The zero-order valence-electron chi connectivity index (χ0n) is 9.16. The maximum absolute atomic E-state index is 4.39. The second kappa shape index (κ2) is 4.83. The number of hydrogen-bond donors (Lipinski definition) is 1. The third-order valence-corrected chi connectivity index (χ3v) is 4.97. The molecule has 3 unspecified atom stereocenters. The quantitative estimate of drug-likeness (QED) is 0.885. The van der Waals surface area contributed by atoms with Crippen LogP contribution >= 0.6 is 27.3 Å². The monoisotopic (exact) mass is 288 g/mol. The Hall–Kier alpha value is -0.0900. The highest BCUT2D eigenvalue weighted by Gasteiger charge is 2.27. The van der Waals surface area contributed by atoms with Crippen molar-refractivity contribution in [2.75, 3.05) is 5.32 Å². The molecule has 3 atom stereocenters. The summed E-state index contributed by atoms with van der Waals surface area (Å²) in [5.41, 5.74) is 0. The van der Waals surface area contributed by atoms with E-state index in [0.717, 1.165) is 21.6 Å². The van der Waals surface area contributed by atoms with E-state index in [2.05, 4.69) is 40.1 Å². The standard InChI is InChI=1S/C11H17BrN2S/c1-7-4-3-5-9(8(7)2)13-11-14-10(12)6-15-11/h6-9H,3-5H2,1-2H3,(H,13,14). The number of hydrogen-bond acceptors (Lipinski definition) is 3. The third-order valence-electron chi connectivity index (χ3n) is 3.49. The van der Waals surface area contributed by atoms with Crippen LogP contribution in [-0.2, 0) is 0 Å². The summed E-state index contributed by atoms with van der Waals surface area (Å²) in [4.78, 5) is 4.39. The first-order valence-electron chi connectivity index (χ1n) is 5.54. The Balaban J connectivity index is 1.99. The number of nitrogens with one attached hydrogen (secondary N) is 1. The number of rotatable bonds is 2. The fourth-order valence-electron chi connectivity index (χ4n) is 2.26. The van der Waals surface area contributed by atoms with Crippen LogP contribution < -0.4 is 5.32 Å². The molecule has 1 saturated carbocycles. The molecule has 1 aromatic heterocycles. The number of anilines is 1. The summed E-state index contributed by atoms with van der Waals surface area (Å²) in [6.45, 7) is 4.71. The summed E-state index contributed by atoms with van der Waals surface area (Å²) in [5, 5.41) is 6.64. The van der Waals surface area contributed by atoms with Gasteiger partial charge in [-0.1, -0.05) is 26.7 Å². The number of aromatic nitrogens is 1. The van der Waals surface area contributed by atoms with Crippen LogP contribution in [0.15, 0.2) is 9.98 Å². The van der Waals surface area contributed by atoms with Crippen molar-refractivity contribution in [1.29, 1.82) is 0 Å². The number of thiazole rings is 1. The van der Waals surface area contributed by atoms with Crippen molar-refractivity contribution in [3.8, 4) is 0 Å². The van der Waals surface area contributed by atoms with E-state index in [1.807, 2.05) is 5.38 Å². The minimum absolute atomic E-state index is 0.604. The Morgan fingerprint density at radius 1 is 1.47 bits per heavy atom. The van der Waals surface area contributed by atoms with E-state index in [4.69, 9.17) is 0 Å². The second-order valence-electron chi connectivity index (χ2n) is 4.49. The zero-order valence-corrected chi connectivity index (χ0v) is 11.6. The average molecular weight is 289 g/mol. The molecule has 0 bridgehead atoms. The first-order valence-corrected chi connectivity index (χ1v) is 7.21. The lowest BCUT2D eigenvalue weighted by Gasteiger charge is -2.34. The maximum Gasteiger partial charge on any atom is 0.183 e. The highest BCUT2D eigenvalue weighted by Crippen LogP contribution is 2.32. The molecule has 0 amide bonds. The molecule has 2 nitrogen and oxygen atoms in total. The van der Waals surface area contributed by atoms with E-state index in [1.165, 1.54) is 19.3 Å². The van der Waals surface area contributed by atoms with E-state index >= 15 is 0 Å². The average Bonchev–Trinajstić information content (AvgIpc) is 2.59. The van der Waals surface area contributed by atoms with Gasteiger partial charge in [0.05, 0.1) is 0 Å². The van der Waals surface area contributed by atoms with Gasteiger partial charge in [-0.05, 0) is 34.2 Å². The van der Waals surface area contributed by atoms with Crippen molar-refractivity contribution in [3.63, 3.8) is 0 Å². The van der Waals surface area contributed by atoms with Crippen LogP contribution in [0.1, 0.15) is 33.1 Å². The normalized spacial score (nSPS) is 31.5. The molecule has 84 valence electrons. The van der Waals surface area contributed by atoms with Crippen LogP contribution in [0.4, 0.5) is 5.13 Å². The summed E-state index contributed by atoms with van der Waals surface area (Å²) in [5.74, 6) is 1.58. The molecule has 1 N–H and O–H groups in total. The highest BCUT2D eigenvalue weighted by atomic mass is 79.9.